The molecule has 1 saturated heterocycles. The van der Waals surface area contributed by atoms with E-state index in [-0.39, 0.29) is 50.7 Å². The molecule has 23 heteroatoms. The molecule has 0 amide bonds. The Morgan fingerprint density at radius 3 is 1.72 bits per heavy atom. The van der Waals surface area contributed by atoms with E-state index in [2.05, 4.69) is 9.65 Å². The third kappa shape index (κ3) is 17.5. The van der Waals surface area contributed by atoms with E-state index in [4.69, 9.17) is 54.6 Å². The van der Waals surface area contributed by atoms with E-state index in [1.807, 2.05) is 128 Å². The van der Waals surface area contributed by atoms with Gasteiger partial charge in [-0.25, -0.2) is 9.46 Å². The molecule has 1 aromatic heterocycles. The summed E-state index contributed by atoms with van der Waals surface area (Å²) in [4.78, 5) is 52.7. The van der Waals surface area contributed by atoms with Gasteiger partial charge in [0, 0.05) is 46.3 Å². The molecule has 2 aromatic carbocycles. The van der Waals surface area contributed by atoms with Gasteiger partial charge < -0.3 is 59.5 Å². The number of carbonyl (C=O) groups excluding carboxylic acids is 2. The lowest BCUT2D eigenvalue weighted by molar-refractivity contribution is -0.317. The Balaban J connectivity index is 1.93. The minimum absolute atomic E-state index is 0.0165. The van der Waals surface area contributed by atoms with Crippen LogP contribution in [0.15, 0.2) is 76.4 Å². The van der Waals surface area contributed by atoms with E-state index in [1.165, 1.54) is 34.2 Å². The second kappa shape index (κ2) is 26.2. The molecule has 1 N–H and O–H groups in total. The Morgan fingerprint density at radius 1 is 0.779 bits per heavy atom. The number of H-pyrrole nitrogens is 1. The minimum Gasteiger partial charge on any atom is -0.463 e. The van der Waals surface area contributed by atoms with Crippen molar-refractivity contribution in [2.24, 2.45) is 7.05 Å². The van der Waals surface area contributed by atoms with Crippen molar-refractivity contribution in [3.8, 4) is 0 Å². The first kappa shape index (κ1) is 57.3. The van der Waals surface area contributed by atoms with Crippen molar-refractivity contribution < 1.29 is 64.1 Å². The molecule has 380 valence electrons. The number of carbonyl (C=O) groups is 2. The summed E-state index contributed by atoms with van der Waals surface area (Å²) < 4.78 is 80.3. The van der Waals surface area contributed by atoms with Crippen LogP contribution in [0.3, 0.4) is 0 Å². The van der Waals surface area contributed by atoms with Crippen molar-refractivity contribution in [3.63, 3.8) is 0 Å². The number of esters is 2. The number of nitrogens with zero attached hydrogens (tertiary/aromatic N) is 2. The Kier molecular flexibility index (Phi) is 22.1. The van der Waals surface area contributed by atoms with E-state index in [0.29, 0.717) is 0 Å². The average Bonchev–Trinajstić information content (AvgIpc) is 3.58. The van der Waals surface area contributed by atoms with Gasteiger partial charge in [-0.1, -0.05) is 60.7 Å². The fraction of sp³-hybridized carbons (Fsp3) is 0.600. The topological polar surface area (TPSA) is 203 Å². The van der Waals surface area contributed by atoms with Crippen molar-refractivity contribution >= 4 is 46.1 Å². The van der Waals surface area contributed by atoms with Crippen LogP contribution in [0.4, 0.5) is 0 Å². The molecule has 1 aliphatic heterocycles. The molecule has 1 unspecified atom stereocenters. The highest BCUT2D eigenvalue weighted by Gasteiger charge is 2.57. The summed E-state index contributed by atoms with van der Waals surface area (Å²) in [6.07, 6.45) is -4.15. The maximum Gasteiger partial charge on any atom is 0.659 e. The number of hydrogen-bond acceptors (Lipinski definition) is 17. The van der Waals surface area contributed by atoms with Crippen molar-refractivity contribution in [2.75, 3.05) is 40.1 Å². The fourth-order valence-corrected chi connectivity index (χ4v) is 17.2. The number of hydrogen-bond donors (Lipinski definition) is 1. The zero-order valence-electron chi connectivity index (χ0n) is 41.9. The number of aromatic amines is 1. The predicted octanol–water partition coefficient (Wildman–Crippen LogP) is 6.68. The van der Waals surface area contributed by atoms with Gasteiger partial charge in [-0.15, -0.1) is 0 Å². The van der Waals surface area contributed by atoms with Crippen molar-refractivity contribution in [2.45, 2.75) is 130 Å². The number of nitrogens with one attached hydrogen (secondary N) is 1. The maximum absolute atomic E-state index is 14.1. The van der Waals surface area contributed by atoms with Gasteiger partial charge in [0.15, 0.2) is 16.6 Å². The average molecular weight is 1030 g/mol. The number of ether oxygens (including phenoxy) is 6. The molecule has 0 bridgehead atoms. The van der Waals surface area contributed by atoms with Gasteiger partial charge >= 0.3 is 26.7 Å². The predicted molar refractivity (Wildman–Crippen MR) is 261 cm³/mol. The van der Waals surface area contributed by atoms with E-state index in [9.17, 15) is 19.2 Å². The van der Waals surface area contributed by atoms with Crippen molar-refractivity contribution in [1.82, 2.24) is 14.2 Å². The van der Waals surface area contributed by atoms with E-state index in [0.717, 1.165) is 15.7 Å². The van der Waals surface area contributed by atoms with Crippen molar-refractivity contribution in [3.05, 3.63) is 104 Å². The van der Waals surface area contributed by atoms with Crippen LogP contribution < -0.4 is 11.2 Å². The molecule has 5 atom stereocenters. The van der Waals surface area contributed by atoms with Crippen LogP contribution in [0.2, 0.25) is 39.3 Å². The maximum atomic E-state index is 14.1. The third-order valence-electron chi connectivity index (χ3n) is 9.75. The monoisotopic (exact) mass is 1030 g/mol. The highest BCUT2D eigenvalue weighted by molar-refractivity contribution is 7.44. The van der Waals surface area contributed by atoms with Crippen LogP contribution in [0.1, 0.15) is 70.4 Å². The molecule has 4 rings (SSSR count). The molecule has 0 saturated carbocycles. The summed E-state index contributed by atoms with van der Waals surface area (Å²) in [6, 6.07) is 19.4. The SMILES string of the molecule is COP(O[C@H]1[C@@H](OC(OCCOC(C)=O)OCCOC(C)=O)[C@H](c2c[nH]c(=O)n(C)c2=O)O[C@@H]1CO[Si](OC(c1ccccc1)c1ccccc1)(O[Si](C)(C)C)O[Si](C)(C)C)N(C(C)C)C(C)C. The first-order chi connectivity index (χ1) is 31.9. The smallest absolute Gasteiger partial charge is 0.463 e. The fourth-order valence-electron chi connectivity index (χ4n) is 7.18. The highest BCUT2D eigenvalue weighted by Crippen LogP contribution is 2.51. The number of rotatable bonds is 28. The molecule has 3 aromatic rings. The molecule has 68 heavy (non-hydrogen) atoms. The van der Waals surface area contributed by atoms with Crippen LogP contribution in [-0.4, -0.2) is 129 Å². The summed E-state index contributed by atoms with van der Waals surface area (Å²) in [5.74, 6) is -1.05. The first-order valence-corrected chi connectivity index (χ1v) is 32.2. The second-order valence-electron chi connectivity index (χ2n) is 18.4. The molecule has 1 aliphatic rings. The van der Waals surface area contributed by atoms with Gasteiger partial charge in [0.1, 0.15) is 43.7 Å². The molecule has 2 heterocycles. The summed E-state index contributed by atoms with van der Waals surface area (Å²) >= 11 is 0. The quantitative estimate of drug-likeness (QED) is 0.0265. The summed E-state index contributed by atoms with van der Waals surface area (Å²) in [7, 11) is -8.44. The molecule has 0 aliphatic carbocycles. The van der Waals surface area contributed by atoms with Gasteiger partial charge in [-0.3, -0.25) is 19.0 Å². The second-order valence-corrected chi connectivity index (χ2v) is 31.6. The van der Waals surface area contributed by atoms with Gasteiger partial charge in [0.05, 0.1) is 25.4 Å². The van der Waals surface area contributed by atoms with Crippen LogP contribution in [0.25, 0.3) is 0 Å². The van der Waals surface area contributed by atoms with E-state index >= 15 is 0 Å². The molecule has 0 spiro atoms. The standard InChI is InChI=1S/C45H72N3O16PSi3/c1-31(2)48(32(3)4)65(53-8)61-41-38(30-58-68(63-66(9,10)11,64-67(12,13)14)62-39(35-21-17-15-18-22-35)36-23-19-16-20-24-36)59-40(37-29-46-44(52)47(7)43(37)51)42(41)60-45(56-27-25-54-33(5)49)57-28-26-55-34(6)50/h15-24,29,31-32,38-42,45H,25-28,30H2,1-14H3,(H,46,52)/t38-,40+,41-,42+,65?/m1/s1. The molecule has 19 nitrogen and oxygen atoms in total. The van der Waals surface area contributed by atoms with E-state index in [1.54, 1.807) is 0 Å². The highest BCUT2D eigenvalue weighted by atomic mass is 31.2. The van der Waals surface area contributed by atoms with Gasteiger partial charge in [-0.2, -0.15) is 0 Å². The summed E-state index contributed by atoms with van der Waals surface area (Å²) in [5.41, 5.74) is 0.393. The normalized spacial score (nSPS) is 18.6. The Bertz CT molecular complexity index is 2060. The van der Waals surface area contributed by atoms with Gasteiger partial charge in [0.25, 0.3) is 20.6 Å². The third-order valence-corrected chi connectivity index (χ3v) is 19.7. The number of aromatic nitrogens is 2. The molecule has 1 fully saturated rings. The lowest BCUT2D eigenvalue weighted by atomic mass is 10.0. The zero-order valence-corrected chi connectivity index (χ0v) is 45.8. The summed E-state index contributed by atoms with van der Waals surface area (Å²) in [6.45, 7) is 20.3. The zero-order chi connectivity index (χ0) is 50.4. The van der Waals surface area contributed by atoms with Crippen LogP contribution in [0, 0.1) is 0 Å². The summed E-state index contributed by atoms with van der Waals surface area (Å²) in [5, 5.41) is 0. The Morgan fingerprint density at radius 2 is 1.28 bits per heavy atom. The molecular formula is C45H72N3O16PSi3. The van der Waals surface area contributed by atoms with Crippen LogP contribution in [0.5, 0.6) is 0 Å². The number of benzene rings is 2. The lowest BCUT2D eigenvalue weighted by Crippen LogP contribution is -2.60. The largest absolute Gasteiger partial charge is 0.659 e. The minimum atomic E-state index is -4.28. The lowest BCUT2D eigenvalue weighted by Gasteiger charge is -2.41. The Labute approximate surface area is 404 Å². The van der Waals surface area contributed by atoms with Crippen molar-refractivity contribution in [1.29, 1.82) is 0 Å². The van der Waals surface area contributed by atoms with E-state index < -0.39 is 94.4 Å². The van der Waals surface area contributed by atoms with Gasteiger partial charge in [0.2, 0.25) is 0 Å². The first-order valence-electron chi connectivity index (χ1n) is 22.6. The van der Waals surface area contributed by atoms with Crippen LogP contribution >= 0.6 is 8.53 Å². The Hall–Kier alpha value is -3.30. The molecular weight excluding hydrogens is 954 g/mol. The van der Waals surface area contributed by atoms with Gasteiger partial charge in [-0.05, 0) is 78.1 Å². The molecule has 0 radical (unpaired) electrons. The van der Waals surface area contributed by atoms with Crippen LogP contribution in [-0.2, 0) is 71.2 Å².